The number of anilines is 1. The van der Waals surface area contributed by atoms with E-state index in [4.69, 9.17) is 4.74 Å². The van der Waals surface area contributed by atoms with Gasteiger partial charge in [0.15, 0.2) is 0 Å². The Kier molecular flexibility index (Phi) is 5.21. The van der Waals surface area contributed by atoms with Gasteiger partial charge in [-0.1, -0.05) is 20.8 Å². The first kappa shape index (κ1) is 15.1. The molecule has 2 unspecified atom stereocenters. The van der Waals surface area contributed by atoms with Crippen LogP contribution in [0.3, 0.4) is 0 Å². The lowest BCUT2D eigenvalue weighted by atomic mass is 9.82. The van der Waals surface area contributed by atoms with Crippen LogP contribution in [0.5, 0.6) is 5.88 Å². The maximum Gasteiger partial charge on any atom is 0.221 e. The summed E-state index contributed by atoms with van der Waals surface area (Å²) in [6.07, 6.45) is 6.54. The first-order valence-electron chi connectivity index (χ1n) is 7.82. The molecule has 0 bridgehead atoms. The van der Waals surface area contributed by atoms with Crippen molar-refractivity contribution in [2.75, 3.05) is 11.9 Å². The van der Waals surface area contributed by atoms with Crippen LogP contribution in [-0.2, 0) is 0 Å². The quantitative estimate of drug-likeness (QED) is 0.889. The highest BCUT2D eigenvalue weighted by Crippen LogP contribution is 2.32. The Morgan fingerprint density at radius 2 is 1.90 bits per heavy atom. The largest absolute Gasteiger partial charge is 0.474 e. The molecule has 1 aliphatic carbocycles. The van der Waals surface area contributed by atoms with Gasteiger partial charge in [0.25, 0.3) is 0 Å². The van der Waals surface area contributed by atoms with Gasteiger partial charge in [0.2, 0.25) is 5.88 Å². The van der Waals surface area contributed by atoms with Crippen molar-refractivity contribution >= 4 is 5.82 Å². The van der Waals surface area contributed by atoms with E-state index < -0.39 is 0 Å². The molecule has 0 spiro atoms. The van der Waals surface area contributed by atoms with Crippen molar-refractivity contribution in [1.29, 1.82) is 0 Å². The highest BCUT2D eigenvalue weighted by molar-refractivity contribution is 5.47. The zero-order chi connectivity index (χ0) is 14.5. The Hall–Kier alpha value is -1.32. The number of aromatic nitrogens is 2. The van der Waals surface area contributed by atoms with E-state index in [2.05, 4.69) is 36.1 Å². The highest BCUT2D eigenvalue weighted by Gasteiger charge is 2.26. The molecule has 2 atom stereocenters. The fourth-order valence-electron chi connectivity index (χ4n) is 3.10. The molecule has 1 aliphatic rings. The number of rotatable bonds is 5. The van der Waals surface area contributed by atoms with Crippen LogP contribution >= 0.6 is 0 Å². The van der Waals surface area contributed by atoms with Gasteiger partial charge in [0.1, 0.15) is 18.2 Å². The normalized spacial score (nSPS) is 26.3. The van der Waals surface area contributed by atoms with Gasteiger partial charge < -0.3 is 10.1 Å². The Bertz CT molecular complexity index is 426. The molecule has 1 N–H and O–H groups in total. The predicted molar refractivity (Wildman–Crippen MR) is 82.1 cm³/mol. The maximum atomic E-state index is 6.16. The molecule has 1 aromatic heterocycles. The van der Waals surface area contributed by atoms with Gasteiger partial charge in [0.05, 0.1) is 5.56 Å². The molecule has 1 aromatic rings. The van der Waals surface area contributed by atoms with Crippen molar-refractivity contribution < 1.29 is 4.74 Å². The van der Waals surface area contributed by atoms with Crippen molar-refractivity contribution in [3.05, 3.63) is 11.9 Å². The smallest absolute Gasteiger partial charge is 0.221 e. The molecule has 112 valence electrons. The van der Waals surface area contributed by atoms with Crippen molar-refractivity contribution in [2.24, 2.45) is 11.8 Å². The molecule has 4 heteroatoms. The van der Waals surface area contributed by atoms with E-state index in [0.29, 0.717) is 6.10 Å². The third kappa shape index (κ3) is 3.84. The molecule has 4 nitrogen and oxygen atoms in total. The number of hydrogen-bond donors (Lipinski definition) is 1. The average molecular weight is 277 g/mol. The predicted octanol–water partition coefficient (Wildman–Crippen LogP) is 3.81. The van der Waals surface area contributed by atoms with Gasteiger partial charge in [-0.2, -0.15) is 0 Å². The number of nitrogens with zero attached hydrogens (tertiary/aromatic N) is 2. The molecule has 0 aromatic carbocycles. The second-order valence-corrected chi connectivity index (χ2v) is 6.24. The molecule has 1 fully saturated rings. The fourth-order valence-corrected chi connectivity index (χ4v) is 3.10. The molecule has 2 rings (SSSR count). The lowest BCUT2D eigenvalue weighted by molar-refractivity contribution is 0.0959. The molecule has 1 saturated carbocycles. The van der Waals surface area contributed by atoms with E-state index >= 15 is 0 Å². The van der Waals surface area contributed by atoms with Crippen molar-refractivity contribution in [3.63, 3.8) is 0 Å². The minimum atomic E-state index is 0.293. The molecular formula is C16H27N3O. The van der Waals surface area contributed by atoms with Gasteiger partial charge in [-0.25, -0.2) is 9.97 Å². The molecule has 0 amide bonds. The molecular weight excluding hydrogens is 250 g/mol. The average Bonchev–Trinajstić information content (AvgIpc) is 2.38. The molecule has 0 aliphatic heterocycles. The van der Waals surface area contributed by atoms with Gasteiger partial charge in [-0.15, -0.1) is 0 Å². The van der Waals surface area contributed by atoms with Crippen LogP contribution in [0.1, 0.15) is 52.0 Å². The Morgan fingerprint density at radius 3 is 2.55 bits per heavy atom. The number of ether oxygens (including phenoxy) is 1. The summed E-state index contributed by atoms with van der Waals surface area (Å²) in [5.74, 6) is 3.12. The summed E-state index contributed by atoms with van der Waals surface area (Å²) in [6.45, 7) is 9.73. The lowest BCUT2D eigenvalue weighted by Crippen LogP contribution is -2.29. The van der Waals surface area contributed by atoms with Crippen LogP contribution < -0.4 is 10.1 Å². The molecule has 1 heterocycles. The van der Waals surface area contributed by atoms with E-state index in [9.17, 15) is 0 Å². The summed E-state index contributed by atoms with van der Waals surface area (Å²) in [6, 6.07) is 0. The third-order valence-corrected chi connectivity index (χ3v) is 3.99. The lowest BCUT2D eigenvalue weighted by Gasteiger charge is -2.31. The Balaban J connectivity index is 2.05. The number of hydrogen-bond acceptors (Lipinski definition) is 4. The van der Waals surface area contributed by atoms with E-state index in [-0.39, 0.29) is 0 Å². The molecule has 0 radical (unpaired) electrons. The SMILES string of the molecule is CCCNc1ncnc(OC2CC(C)CC(C)C2)c1C. The van der Waals surface area contributed by atoms with Gasteiger partial charge >= 0.3 is 0 Å². The minimum absolute atomic E-state index is 0.293. The zero-order valence-electron chi connectivity index (χ0n) is 13.1. The van der Waals surface area contributed by atoms with Crippen LogP contribution in [-0.4, -0.2) is 22.6 Å². The minimum Gasteiger partial charge on any atom is -0.474 e. The summed E-state index contributed by atoms with van der Waals surface area (Å²) < 4.78 is 6.16. The third-order valence-electron chi connectivity index (χ3n) is 3.99. The Labute approximate surface area is 122 Å². The maximum absolute atomic E-state index is 6.16. The van der Waals surface area contributed by atoms with Crippen LogP contribution in [0.25, 0.3) is 0 Å². The van der Waals surface area contributed by atoms with Crippen LogP contribution in [0.15, 0.2) is 6.33 Å². The standard InChI is InChI=1S/C16H27N3O/c1-5-6-17-15-13(4)16(19-10-18-15)20-14-8-11(2)7-12(3)9-14/h10-12,14H,5-9H2,1-4H3,(H,17,18,19). The van der Waals surface area contributed by atoms with Crippen LogP contribution in [0.4, 0.5) is 5.82 Å². The summed E-state index contributed by atoms with van der Waals surface area (Å²) in [5.41, 5.74) is 1.02. The van der Waals surface area contributed by atoms with Crippen molar-refractivity contribution in [2.45, 2.75) is 59.5 Å². The summed E-state index contributed by atoms with van der Waals surface area (Å²) in [4.78, 5) is 8.62. The Morgan fingerprint density at radius 1 is 1.20 bits per heavy atom. The van der Waals surface area contributed by atoms with Gasteiger partial charge in [-0.05, 0) is 44.4 Å². The highest BCUT2D eigenvalue weighted by atomic mass is 16.5. The van der Waals surface area contributed by atoms with E-state index in [1.165, 1.54) is 6.42 Å². The summed E-state index contributed by atoms with van der Waals surface area (Å²) in [7, 11) is 0. The molecule has 20 heavy (non-hydrogen) atoms. The number of nitrogens with one attached hydrogen (secondary N) is 1. The van der Waals surface area contributed by atoms with Crippen molar-refractivity contribution in [1.82, 2.24) is 9.97 Å². The molecule has 0 saturated heterocycles. The van der Waals surface area contributed by atoms with Gasteiger partial charge in [-0.3, -0.25) is 0 Å². The zero-order valence-corrected chi connectivity index (χ0v) is 13.1. The second kappa shape index (κ2) is 6.91. The van der Waals surface area contributed by atoms with E-state index in [1.807, 2.05) is 6.92 Å². The fraction of sp³-hybridized carbons (Fsp3) is 0.750. The summed E-state index contributed by atoms with van der Waals surface area (Å²) in [5, 5.41) is 3.33. The first-order valence-corrected chi connectivity index (χ1v) is 7.82. The topological polar surface area (TPSA) is 47.0 Å². The van der Waals surface area contributed by atoms with Gasteiger partial charge in [0, 0.05) is 6.54 Å². The van der Waals surface area contributed by atoms with Crippen LogP contribution in [0, 0.1) is 18.8 Å². The monoisotopic (exact) mass is 277 g/mol. The van der Waals surface area contributed by atoms with Crippen molar-refractivity contribution in [3.8, 4) is 5.88 Å². The van der Waals surface area contributed by atoms with Crippen LogP contribution in [0.2, 0.25) is 0 Å². The van der Waals surface area contributed by atoms with E-state index in [1.54, 1.807) is 6.33 Å². The second-order valence-electron chi connectivity index (χ2n) is 6.24. The van der Waals surface area contributed by atoms with E-state index in [0.717, 1.165) is 54.9 Å². The first-order chi connectivity index (χ1) is 9.60. The summed E-state index contributed by atoms with van der Waals surface area (Å²) >= 11 is 0.